The van der Waals surface area contributed by atoms with Crippen LogP contribution in [0.15, 0.2) is 96.0 Å². The molecule has 0 heterocycles. The fourth-order valence-electron chi connectivity index (χ4n) is 3.14. The summed E-state index contributed by atoms with van der Waals surface area (Å²) in [6.07, 6.45) is 1.76. The first-order valence-corrected chi connectivity index (χ1v) is 10.6. The summed E-state index contributed by atoms with van der Waals surface area (Å²) in [5, 5.41) is 15.0. The molecular weight excluding hydrogens is 349 g/mol. The van der Waals surface area contributed by atoms with Gasteiger partial charge in [-0.2, -0.15) is 0 Å². The average Bonchev–Trinajstić information content (AvgIpc) is 2.72. The number of phenolic OH excluding ortho intramolecular Hbond substituents is 1. The molecule has 0 unspecified atom stereocenters. The smallest absolute Gasteiger partial charge is 0.124 e. The normalized spacial score (nSPS) is 12.5. The summed E-state index contributed by atoms with van der Waals surface area (Å²) in [6.45, 7) is 2.26. The molecule has 0 aliphatic rings. The largest absolute Gasteiger partial charge is 0.507 e. The average molecular weight is 369 g/mol. The van der Waals surface area contributed by atoms with Crippen molar-refractivity contribution in [2.45, 2.75) is 0 Å². The Balaban J connectivity index is 1.70. The molecule has 1 atom stereocenters. The summed E-state index contributed by atoms with van der Waals surface area (Å²) in [7, 11) is -0.484. The highest BCUT2D eigenvalue weighted by Crippen LogP contribution is 2.33. The molecule has 0 bridgehead atoms. The Hall–Kier alpha value is -2.96. The lowest BCUT2D eigenvalue weighted by molar-refractivity contribution is 0.475. The van der Waals surface area contributed by atoms with Gasteiger partial charge in [0.05, 0.1) is 5.69 Å². The Morgan fingerprint density at radius 2 is 1.41 bits per heavy atom. The van der Waals surface area contributed by atoms with Crippen molar-refractivity contribution in [3.8, 4) is 5.75 Å². The van der Waals surface area contributed by atoms with Gasteiger partial charge in [0, 0.05) is 17.1 Å². The maximum atomic E-state index is 10.4. The van der Waals surface area contributed by atoms with Crippen molar-refractivity contribution in [3.05, 3.63) is 96.6 Å². The van der Waals surface area contributed by atoms with Gasteiger partial charge in [0.2, 0.25) is 0 Å². The van der Waals surface area contributed by atoms with Crippen LogP contribution in [0.4, 0.5) is 5.69 Å². The van der Waals surface area contributed by atoms with Gasteiger partial charge < -0.3 is 5.11 Å². The van der Waals surface area contributed by atoms with Gasteiger partial charge in [-0.05, 0) is 48.9 Å². The van der Waals surface area contributed by atoms with Gasteiger partial charge in [-0.15, -0.1) is 0 Å². The Kier molecular flexibility index (Phi) is 5.00. The minimum atomic E-state index is -0.484. The van der Waals surface area contributed by atoms with Gasteiger partial charge in [-0.1, -0.05) is 72.8 Å². The van der Waals surface area contributed by atoms with Crippen LogP contribution in [0.25, 0.3) is 10.8 Å². The highest BCUT2D eigenvalue weighted by Gasteiger charge is 2.11. The van der Waals surface area contributed by atoms with E-state index in [0.717, 1.165) is 22.0 Å². The Bertz CT molecular complexity index is 1110. The second-order valence-corrected chi connectivity index (χ2v) is 8.52. The van der Waals surface area contributed by atoms with Crippen LogP contribution >= 0.6 is 7.92 Å². The second-order valence-electron chi connectivity index (χ2n) is 6.40. The molecule has 0 aliphatic carbocycles. The number of para-hydroxylation sites is 1. The lowest BCUT2D eigenvalue weighted by Gasteiger charge is -2.15. The quantitative estimate of drug-likeness (QED) is 0.381. The lowest BCUT2D eigenvalue weighted by atomic mass is 10.1. The van der Waals surface area contributed by atoms with E-state index >= 15 is 0 Å². The number of hydrogen-bond acceptors (Lipinski definition) is 2. The number of fused-ring (bicyclic) bond motifs is 1. The molecule has 4 rings (SSSR count). The topological polar surface area (TPSA) is 32.6 Å². The Labute approximate surface area is 160 Å². The van der Waals surface area contributed by atoms with Crippen LogP contribution in [0, 0.1) is 0 Å². The molecular formula is C24H20NOP. The molecule has 0 saturated carbocycles. The van der Waals surface area contributed by atoms with Crippen molar-refractivity contribution in [2.24, 2.45) is 4.99 Å². The summed E-state index contributed by atoms with van der Waals surface area (Å²) in [5.74, 6) is 0.247. The first-order valence-electron chi connectivity index (χ1n) is 8.86. The van der Waals surface area contributed by atoms with Gasteiger partial charge in [0.15, 0.2) is 0 Å². The van der Waals surface area contributed by atoms with Crippen LogP contribution in [0.3, 0.4) is 0 Å². The summed E-state index contributed by atoms with van der Waals surface area (Å²) in [5.41, 5.74) is 1.67. The number of aromatic hydroxyl groups is 1. The summed E-state index contributed by atoms with van der Waals surface area (Å²) >= 11 is 0. The molecule has 3 heteroatoms. The maximum absolute atomic E-state index is 10.4. The minimum Gasteiger partial charge on any atom is -0.507 e. The number of hydrogen-bond donors (Lipinski definition) is 1. The van der Waals surface area contributed by atoms with Crippen LogP contribution in [-0.4, -0.2) is 18.0 Å². The van der Waals surface area contributed by atoms with Crippen LogP contribution < -0.4 is 10.6 Å². The Morgan fingerprint density at radius 1 is 0.778 bits per heavy atom. The molecule has 27 heavy (non-hydrogen) atoms. The second kappa shape index (κ2) is 7.73. The Morgan fingerprint density at radius 3 is 2.19 bits per heavy atom. The number of rotatable bonds is 4. The van der Waals surface area contributed by atoms with Crippen molar-refractivity contribution in [3.63, 3.8) is 0 Å². The third kappa shape index (κ3) is 3.77. The van der Waals surface area contributed by atoms with Gasteiger partial charge in [-0.3, -0.25) is 4.99 Å². The molecule has 132 valence electrons. The fourth-order valence-corrected chi connectivity index (χ4v) is 4.82. The van der Waals surface area contributed by atoms with E-state index in [-0.39, 0.29) is 5.75 Å². The van der Waals surface area contributed by atoms with E-state index in [1.807, 2.05) is 48.5 Å². The molecule has 4 aromatic carbocycles. The molecule has 0 spiro atoms. The zero-order chi connectivity index (χ0) is 18.6. The van der Waals surface area contributed by atoms with Crippen molar-refractivity contribution >= 4 is 41.2 Å². The van der Waals surface area contributed by atoms with Crippen molar-refractivity contribution in [2.75, 3.05) is 6.66 Å². The van der Waals surface area contributed by atoms with Crippen molar-refractivity contribution < 1.29 is 5.11 Å². The van der Waals surface area contributed by atoms with E-state index in [1.54, 1.807) is 12.3 Å². The van der Waals surface area contributed by atoms with E-state index < -0.39 is 7.92 Å². The van der Waals surface area contributed by atoms with Crippen LogP contribution in [0.1, 0.15) is 5.56 Å². The zero-order valence-corrected chi connectivity index (χ0v) is 16.0. The fraction of sp³-hybridized carbons (Fsp3) is 0.0417. The summed E-state index contributed by atoms with van der Waals surface area (Å²) in [6, 6.07) is 30.5. The van der Waals surface area contributed by atoms with E-state index in [0.29, 0.717) is 0 Å². The zero-order valence-electron chi connectivity index (χ0n) is 15.1. The molecule has 0 aliphatic heterocycles. The van der Waals surface area contributed by atoms with E-state index in [2.05, 4.69) is 43.1 Å². The molecule has 4 aromatic rings. The molecule has 1 N–H and O–H groups in total. The van der Waals surface area contributed by atoms with Crippen LogP contribution in [0.2, 0.25) is 0 Å². The lowest BCUT2D eigenvalue weighted by Crippen LogP contribution is -2.10. The predicted octanol–water partition coefficient (Wildman–Crippen LogP) is 5.36. The van der Waals surface area contributed by atoms with Gasteiger partial charge in [0.1, 0.15) is 5.75 Å². The first-order chi connectivity index (χ1) is 13.2. The van der Waals surface area contributed by atoms with Gasteiger partial charge in [0.25, 0.3) is 0 Å². The highest BCUT2D eigenvalue weighted by molar-refractivity contribution is 7.72. The number of phenols is 1. The van der Waals surface area contributed by atoms with Gasteiger partial charge >= 0.3 is 0 Å². The molecule has 0 amide bonds. The standard InChI is InChI=1S/C24H20NOP/c1-27(21-11-3-2-4-12-21)24-14-8-7-13-22(24)25-17-20-15-18-9-5-6-10-19(18)16-23(20)26/h2-17,26H,1H3/b25-17+/t27-/m1/s1. The third-order valence-electron chi connectivity index (χ3n) is 4.62. The molecule has 0 aromatic heterocycles. The van der Waals surface area contributed by atoms with E-state index in [9.17, 15) is 5.11 Å². The number of benzene rings is 4. The number of aliphatic imine (C=N–C) groups is 1. The SMILES string of the molecule is C[P@](c1ccccc1)c1ccccc1/N=C/c1cc2ccccc2cc1O. The summed E-state index contributed by atoms with van der Waals surface area (Å²) < 4.78 is 0. The monoisotopic (exact) mass is 369 g/mol. The van der Waals surface area contributed by atoms with Crippen LogP contribution in [0.5, 0.6) is 5.75 Å². The first kappa shape index (κ1) is 17.5. The minimum absolute atomic E-state index is 0.247. The predicted molar refractivity (Wildman–Crippen MR) is 118 cm³/mol. The molecule has 0 fully saturated rings. The highest BCUT2D eigenvalue weighted by atomic mass is 31.1. The van der Waals surface area contributed by atoms with Gasteiger partial charge in [-0.25, -0.2) is 0 Å². The third-order valence-corrected chi connectivity index (χ3v) is 6.80. The maximum Gasteiger partial charge on any atom is 0.124 e. The van der Waals surface area contributed by atoms with E-state index in [1.165, 1.54) is 10.6 Å². The summed E-state index contributed by atoms with van der Waals surface area (Å²) in [4.78, 5) is 4.72. The molecule has 0 saturated heterocycles. The number of nitrogens with zero attached hydrogens (tertiary/aromatic N) is 1. The van der Waals surface area contributed by atoms with Crippen molar-refractivity contribution in [1.29, 1.82) is 0 Å². The van der Waals surface area contributed by atoms with E-state index in [4.69, 9.17) is 4.99 Å². The molecule has 2 nitrogen and oxygen atoms in total. The molecule has 0 radical (unpaired) electrons. The van der Waals surface area contributed by atoms with Crippen molar-refractivity contribution in [1.82, 2.24) is 0 Å². The van der Waals surface area contributed by atoms with Crippen LogP contribution in [-0.2, 0) is 0 Å².